The number of halogens is 1. The van der Waals surface area contributed by atoms with E-state index in [1.165, 1.54) is 17.6 Å². The molecule has 0 bridgehead atoms. The second-order valence-corrected chi connectivity index (χ2v) is 8.94. The quantitative estimate of drug-likeness (QED) is 0.606. The molecule has 0 spiro atoms. The van der Waals surface area contributed by atoms with Crippen LogP contribution >= 0.6 is 29.8 Å². The molecule has 0 fully saturated rings. The Morgan fingerprint density at radius 1 is 1.32 bits per heavy atom. The van der Waals surface area contributed by atoms with Crippen molar-refractivity contribution in [3.05, 3.63) is 41.7 Å². The summed E-state index contributed by atoms with van der Waals surface area (Å²) in [5, 5.41) is 4.86. The maximum absolute atomic E-state index is 12.6. The second-order valence-electron chi connectivity index (χ2n) is 4.39. The highest BCUT2D eigenvalue weighted by Gasteiger charge is 2.27. The zero-order valence-corrected chi connectivity index (χ0v) is 14.9. The van der Waals surface area contributed by atoms with Crippen LogP contribution in [-0.4, -0.2) is 22.1 Å². The summed E-state index contributed by atoms with van der Waals surface area (Å²) in [6, 6.07) is 7.24. The molecule has 0 aliphatic heterocycles. The normalized spacial score (nSPS) is 13.8. The van der Waals surface area contributed by atoms with E-state index in [0.29, 0.717) is 23.1 Å². The molecule has 22 heavy (non-hydrogen) atoms. The summed E-state index contributed by atoms with van der Waals surface area (Å²) in [6.45, 7) is 0.938. The third kappa shape index (κ3) is 4.78. The third-order valence-corrected chi connectivity index (χ3v) is 6.81. The molecule has 0 aliphatic carbocycles. The molecule has 8 heteroatoms. The van der Waals surface area contributed by atoms with Crippen LogP contribution in [0.5, 0.6) is 5.75 Å². The molecule has 2 rings (SSSR count). The first kappa shape index (κ1) is 17.4. The molecular formula is C14H18ClN2O3PS. The SMILES string of the molecule is CCCS[P@](=O)(OCC)Oc1cnn(-c2ccc(Cl)cc2)c1. The van der Waals surface area contributed by atoms with Gasteiger partial charge in [-0.25, -0.2) is 9.25 Å². The Kier molecular flexibility index (Phi) is 6.38. The van der Waals surface area contributed by atoms with Gasteiger partial charge in [-0.3, -0.25) is 4.52 Å². The molecule has 5 nitrogen and oxygen atoms in total. The minimum Gasteiger partial charge on any atom is -0.414 e. The lowest BCUT2D eigenvalue weighted by Crippen LogP contribution is -1.96. The van der Waals surface area contributed by atoms with Crippen LogP contribution in [0.25, 0.3) is 5.69 Å². The summed E-state index contributed by atoms with van der Waals surface area (Å²) in [4.78, 5) is 0. The number of rotatable bonds is 8. The van der Waals surface area contributed by atoms with Crippen molar-refractivity contribution in [2.45, 2.75) is 20.3 Å². The standard InChI is InChI=1S/C14H18ClN2O3PS/c1-3-9-22-21(18,19-4-2)20-14-10-16-17(11-14)13-7-5-12(15)6-8-13/h5-8,10-11H,3-4,9H2,1-2H3/t21-/m1/s1. The summed E-state index contributed by atoms with van der Waals surface area (Å²) in [5.41, 5.74) is 0.840. The van der Waals surface area contributed by atoms with Gasteiger partial charge < -0.3 is 4.52 Å². The summed E-state index contributed by atoms with van der Waals surface area (Å²) >= 11 is 7.07. The van der Waals surface area contributed by atoms with E-state index in [1.807, 2.05) is 19.1 Å². The first-order chi connectivity index (χ1) is 10.6. The van der Waals surface area contributed by atoms with Crippen molar-refractivity contribution in [2.75, 3.05) is 12.4 Å². The molecule has 0 radical (unpaired) electrons. The molecule has 1 atom stereocenters. The van der Waals surface area contributed by atoms with E-state index in [4.69, 9.17) is 20.6 Å². The van der Waals surface area contributed by atoms with Gasteiger partial charge in [0.1, 0.15) is 0 Å². The minimum atomic E-state index is -3.20. The topological polar surface area (TPSA) is 53.4 Å². The molecule has 2 aromatic rings. The molecule has 1 heterocycles. The van der Waals surface area contributed by atoms with Crippen LogP contribution in [0.15, 0.2) is 36.7 Å². The van der Waals surface area contributed by atoms with Crippen molar-refractivity contribution in [1.29, 1.82) is 0 Å². The van der Waals surface area contributed by atoms with E-state index in [1.54, 1.807) is 29.9 Å². The average Bonchev–Trinajstić information content (AvgIpc) is 2.94. The lowest BCUT2D eigenvalue weighted by Gasteiger charge is -2.15. The van der Waals surface area contributed by atoms with E-state index in [0.717, 1.165) is 12.1 Å². The highest BCUT2D eigenvalue weighted by atomic mass is 35.5. The summed E-state index contributed by atoms with van der Waals surface area (Å²) in [6.07, 6.45) is 4.09. The molecule has 0 aliphatic rings. The monoisotopic (exact) mass is 360 g/mol. The van der Waals surface area contributed by atoms with E-state index < -0.39 is 6.80 Å². The maximum atomic E-state index is 12.6. The average molecular weight is 361 g/mol. The largest absolute Gasteiger partial charge is 0.440 e. The predicted molar refractivity (Wildman–Crippen MR) is 91.2 cm³/mol. The van der Waals surface area contributed by atoms with Gasteiger partial charge in [0.05, 0.1) is 24.7 Å². The number of nitrogens with zero attached hydrogens (tertiary/aromatic N) is 2. The van der Waals surface area contributed by atoms with E-state index in [9.17, 15) is 4.57 Å². The van der Waals surface area contributed by atoms with Crippen LogP contribution in [0.3, 0.4) is 0 Å². The van der Waals surface area contributed by atoms with Gasteiger partial charge in [-0.05, 0) is 49.0 Å². The lowest BCUT2D eigenvalue weighted by molar-refractivity contribution is 0.296. The minimum absolute atomic E-state index is 0.333. The first-order valence-corrected chi connectivity index (χ1v) is 10.5. The first-order valence-electron chi connectivity index (χ1n) is 6.95. The predicted octanol–water partition coefficient (Wildman–Crippen LogP) is 5.19. The molecular weight excluding hydrogens is 343 g/mol. The van der Waals surface area contributed by atoms with Crippen molar-refractivity contribution < 1.29 is 13.6 Å². The number of benzene rings is 1. The van der Waals surface area contributed by atoms with Crippen LogP contribution in [0, 0.1) is 0 Å². The van der Waals surface area contributed by atoms with Gasteiger partial charge in [0.15, 0.2) is 5.75 Å². The van der Waals surface area contributed by atoms with Crippen LogP contribution in [0.4, 0.5) is 0 Å². The molecule has 0 N–H and O–H groups in total. The second kappa shape index (κ2) is 8.06. The van der Waals surface area contributed by atoms with Crippen molar-refractivity contribution in [2.24, 2.45) is 0 Å². The fraction of sp³-hybridized carbons (Fsp3) is 0.357. The molecule has 0 saturated heterocycles. The van der Waals surface area contributed by atoms with Crippen molar-refractivity contribution in [3.63, 3.8) is 0 Å². The summed E-state index contributed by atoms with van der Waals surface area (Å²) < 4.78 is 25.1. The van der Waals surface area contributed by atoms with Crippen LogP contribution in [0.1, 0.15) is 20.3 Å². The maximum Gasteiger partial charge on any atom is 0.440 e. The molecule has 0 saturated carbocycles. The Balaban J connectivity index is 2.12. The summed E-state index contributed by atoms with van der Waals surface area (Å²) in [5.74, 6) is 1.12. The number of aromatic nitrogens is 2. The molecule has 0 amide bonds. The van der Waals surface area contributed by atoms with Crippen LogP contribution in [-0.2, 0) is 9.09 Å². The Bertz CT molecular complexity index is 648. The highest BCUT2D eigenvalue weighted by molar-refractivity contribution is 8.55. The fourth-order valence-electron chi connectivity index (χ4n) is 1.67. The van der Waals surface area contributed by atoms with Gasteiger partial charge >= 0.3 is 6.80 Å². The molecule has 120 valence electrons. The van der Waals surface area contributed by atoms with E-state index in [-0.39, 0.29) is 0 Å². The van der Waals surface area contributed by atoms with Gasteiger partial charge in [-0.1, -0.05) is 18.5 Å². The summed E-state index contributed by atoms with van der Waals surface area (Å²) in [7, 11) is 0. The smallest absolute Gasteiger partial charge is 0.414 e. The Morgan fingerprint density at radius 3 is 2.68 bits per heavy atom. The van der Waals surface area contributed by atoms with Crippen LogP contribution in [0.2, 0.25) is 5.02 Å². The van der Waals surface area contributed by atoms with E-state index in [2.05, 4.69) is 5.10 Å². The molecule has 0 unspecified atom stereocenters. The number of hydrogen-bond acceptors (Lipinski definition) is 5. The zero-order valence-electron chi connectivity index (χ0n) is 12.4. The lowest BCUT2D eigenvalue weighted by atomic mass is 10.3. The van der Waals surface area contributed by atoms with Gasteiger partial charge in [-0.15, -0.1) is 0 Å². The van der Waals surface area contributed by atoms with Crippen molar-refractivity contribution in [3.8, 4) is 11.4 Å². The Hall–Kier alpha value is -0.940. The van der Waals surface area contributed by atoms with Crippen molar-refractivity contribution >= 4 is 29.8 Å². The van der Waals surface area contributed by atoms with Crippen molar-refractivity contribution in [1.82, 2.24) is 9.78 Å². The molecule has 1 aromatic carbocycles. The number of hydrogen-bond donors (Lipinski definition) is 0. The van der Waals surface area contributed by atoms with Crippen LogP contribution < -0.4 is 4.52 Å². The van der Waals surface area contributed by atoms with Gasteiger partial charge in [0, 0.05) is 10.8 Å². The zero-order chi connectivity index (χ0) is 16.0. The Morgan fingerprint density at radius 2 is 2.05 bits per heavy atom. The highest BCUT2D eigenvalue weighted by Crippen LogP contribution is 2.60. The van der Waals surface area contributed by atoms with Gasteiger partial charge in [0.2, 0.25) is 0 Å². The van der Waals surface area contributed by atoms with E-state index >= 15 is 0 Å². The van der Waals surface area contributed by atoms with Gasteiger partial charge in [-0.2, -0.15) is 5.10 Å². The third-order valence-electron chi connectivity index (χ3n) is 2.61. The molecule has 1 aromatic heterocycles. The Labute approximate surface area is 139 Å². The fourth-order valence-corrected chi connectivity index (χ4v) is 5.22. The van der Waals surface area contributed by atoms with Gasteiger partial charge in [0.25, 0.3) is 0 Å².